The highest BCUT2D eigenvalue weighted by molar-refractivity contribution is 5.50. The fourth-order valence-electron chi connectivity index (χ4n) is 2.13. The molecule has 0 amide bonds. The van der Waals surface area contributed by atoms with Crippen LogP contribution >= 0.6 is 0 Å². The lowest BCUT2D eigenvalue weighted by Gasteiger charge is -2.16. The molecule has 4 heteroatoms. The summed E-state index contributed by atoms with van der Waals surface area (Å²) in [6, 6.07) is 3.77. The largest absolute Gasteiger partial charge is 0.496 e. The molecule has 19 heavy (non-hydrogen) atoms. The molecule has 0 bridgehead atoms. The second-order valence-corrected chi connectivity index (χ2v) is 5.42. The summed E-state index contributed by atoms with van der Waals surface area (Å²) in [6.45, 7) is 4.08. The molecule has 0 unspecified atom stereocenters. The first-order valence-electron chi connectivity index (χ1n) is 6.61. The van der Waals surface area contributed by atoms with Crippen LogP contribution in [0.25, 0.3) is 0 Å². The minimum atomic E-state index is 0.493. The molecule has 2 rings (SSSR count). The summed E-state index contributed by atoms with van der Waals surface area (Å²) in [5.74, 6) is 2.33. The lowest BCUT2D eigenvalue weighted by atomic mass is 10.1. The van der Waals surface area contributed by atoms with Gasteiger partial charge in [0.1, 0.15) is 17.2 Å². The van der Waals surface area contributed by atoms with Gasteiger partial charge in [0.25, 0.3) is 0 Å². The van der Waals surface area contributed by atoms with Crippen molar-refractivity contribution in [2.75, 3.05) is 27.9 Å². The highest BCUT2D eigenvalue weighted by Gasteiger charge is 2.36. The monoisotopic (exact) mass is 265 g/mol. The van der Waals surface area contributed by atoms with Crippen LogP contribution in [0.15, 0.2) is 12.1 Å². The predicted octanol–water partition coefficient (Wildman–Crippen LogP) is 2.60. The van der Waals surface area contributed by atoms with Gasteiger partial charge in [0, 0.05) is 25.2 Å². The Morgan fingerprint density at radius 3 is 2.05 bits per heavy atom. The highest BCUT2D eigenvalue weighted by atomic mass is 16.5. The third kappa shape index (κ3) is 3.32. The number of ether oxygens (including phenoxy) is 3. The minimum absolute atomic E-state index is 0.493. The van der Waals surface area contributed by atoms with Crippen LogP contribution in [0.2, 0.25) is 0 Å². The molecule has 1 N–H and O–H groups in total. The maximum atomic E-state index is 5.43. The Kier molecular flexibility index (Phi) is 4.20. The zero-order chi connectivity index (χ0) is 13.9. The number of methoxy groups -OCH3 is 3. The summed E-state index contributed by atoms with van der Waals surface area (Å²) in [7, 11) is 4.97. The zero-order valence-corrected chi connectivity index (χ0v) is 12.2. The van der Waals surface area contributed by atoms with Gasteiger partial charge < -0.3 is 19.5 Å². The second-order valence-electron chi connectivity index (χ2n) is 5.42. The summed E-state index contributed by atoms with van der Waals surface area (Å²) in [6.07, 6.45) is 2.63. The molecule has 1 aliphatic carbocycles. The minimum Gasteiger partial charge on any atom is -0.496 e. The van der Waals surface area contributed by atoms with E-state index in [-0.39, 0.29) is 0 Å². The van der Waals surface area contributed by atoms with Gasteiger partial charge in [-0.05, 0) is 18.3 Å². The molecule has 0 radical (unpaired) electrons. The molecule has 0 aromatic heterocycles. The quantitative estimate of drug-likeness (QED) is 0.822. The Hall–Kier alpha value is -1.42. The molecular weight excluding hydrogens is 242 g/mol. The van der Waals surface area contributed by atoms with E-state index in [2.05, 4.69) is 12.2 Å². The van der Waals surface area contributed by atoms with Crippen LogP contribution in [0, 0.1) is 5.41 Å². The van der Waals surface area contributed by atoms with Crippen LogP contribution in [-0.2, 0) is 6.54 Å². The topological polar surface area (TPSA) is 39.7 Å². The van der Waals surface area contributed by atoms with Crippen LogP contribution in [0.4, 0.5) is 0 Å². The molecular formula is C15H23NO3. The number of hydrogen-bond donors (Lipinski definition) is 1. The maximum absolute atomic E-state index is 5.43. The number of rotatable bonds is 7. The van der Waals surface area contributed by atoms with Crippen molar-refractivity contribution in [1.82, 2.24) is 5.32 Å². The lowest BCUT2D eigenvalue weighted by Crippen LogP contribution is -2.22. The van der Waals surface area contributed by atoms with Gasteiger partial charge in [-0.2, -0.15) is 0 Å². The van der Waals surface area contributed by atoms with E-state index in [1.54, 1.807) is 21.3 Å². The van der Waals surface area contributed by atoms with Gasteiger partial charge in [0.15, 0.2) is 0 Å². The Morgan fingerprint density at radius 2 is 1.63 bits per heavy atom. The van der Waals surface area contributed by atoms with Crippen LogP contribution in [0.3, 0.4) is 0 Å². The average Bonchev–Trinajstić information content (AvgIpc) is 3.16. The third-order valence-corrected chi connectivity index (χ3v) is 3.77. The molecule has 0 spiro atoms. The van der Waals surface area contributed by atoms with Crippen LogP contribution in [-0.4, -0.2) is 27.9 Å². The average molecular weight is 265 g/mol. The van der Waals surface area contributed by atoms with Gasteiger partial charge in [-0.25, -0.2) is 0 Å². The van der Waals surface area contributed by atoms with Crippen molar-refractivity contribution in [3.05, 3.63) is 17.7 Å². The van der Waals surface area contributed by atoms with E-state index < -0.39 is 0 Å². The van der Waals surface area contributed by atoms with E-state index in [4.69, 9.17) is 14.2 Å². The molecule has 4 nitrogen and oxygen atoms in total. The van der Waals surface area contributed by atoms with Crippen molar-refractivity contribution >= 4 is 0 Å². The first kappa shape index (κ1) is 14.0. The van der Waals surface area contributed by atoms with Gasteiger partial charge in [-0.1, -0.05) is 6.92 Å². The normalized spacial score (nSPS) is 16.0. The van der Waals surface area contributed by atoms with Crippen LogP contribution in [0.5, 0.6) is 17.2 Å². The summed E-state index contributed by atoms with van der Waals surface area (Å²) in [5.41, 5.74) is 1.53. The second kappa shape index (κ2) is 5.70. The van der Waals surface area contributed by atoms with Gasteiger partial charge in [-0.3, -0.25) is 0 Å². The van der Waals surface area contributed by atoms with Crippen LogP contribution < -0.4 is 19.5 Å². The Balaban J connectivity index is 2.11. The van der Waals surface area contributed by atoms with E-state index in [1.807, 2.05) is 12.1 Å². The summed E-state index contributed by atoms with van der Waals surface area (Å²) in [5, 5.41) is 3.49. The fourth-order valence-corrected chi connectivity index (χ4v) is 2.13. The summed E-state index contributed by atoms with van der Waals surface area (Å²) in [4.78, 5) is 0. The fraction of sp³-hybridized carbons (Fsp3) is 0.600. The zero-order valence-electron chi connectivity index (χ0n) is 12.2. The molecule has 0 atom stereocenters. The number of nitrogens with one attached hydrogen (secondary N) is 1. The molecule has 1 aliphatic rings. The Labute approximate surface area is 115 Å². The molecule has 1 aromatic rings. The van der Waals surface area contributed by atoms with E-state index >= 15 is 0 Å². The molecule has 1 fully saturated rings. The molecule has 1 aromatic carbocycles. The predicted molar refractivity (Wildman–Crippen MR) is 75.1 cm³/mol. The van der Waals surface area contributed by atoms with Crippen molar-refractivity contribution in [1.29, 1.82) is 0 Å². The molecule has 106 valence electrons. The van der Waals surface area contributed by atoms with Crippen molar-refractivity contribution in [2.45, 2.75) is 26.3 Å². The van der Waals surface area contributed by atoms with Crippen molar-refractivity contribution in [3.63, 3.8) is 0 Å². The van der Waals surface area contributed by atoms with E-state index in [0.717, 1.165) is 35.9 Å². The molecule has 1 saturated carbocycles. The van der Waals surface area contributed by atoms with Crippen molar-refractivity contribution in [3.8, 4) is 17.2 Å². The van der Waals surface area contributed by atoms with Crippen LogP contribution in [0.1, 0.15) is 25.3 Å². The Morgan fingerprint density at radius 1 is 1.05 bits per heavy atom. The van der Waals surface area contributed by atoms with Crippen molar-refractivity contribution < 1.29 is 14.2 Å². The standard InChI is InChI=1S/C15H23NO3/c1-15(5-6-15)10-16-9-12-13(18-3)7-11(17-2)8-14(12)19-4/h7-8,16H,5-6,9-10H2,1-4H3. The SMILES string of the molecule is COc1cc(OC)c(CNCC2(C)CC2)c(OC)c1. The highest BCUT2D eigenvalue weighted by Crippen LogP contribution is 2.44. The molecule has 0 heterocycles. The van der Waals surface area contributed by atoms with Gasteiger partial charge in [0.05, 0.1) is 26.9 Å². The maximum Gasteiger partial charge on any atom is 0.130 e. The third-order valence-electron chi connectivity index (χ3n) is 3.77. The first-order valence-corrected chi connectivity index (χ1v) is 6.61. The van der Waals surface area contributed by atoms with Gasteiger partial charge in [-0.15, -0.1) is 0 Å². The first-order chi connectivity index (χ1) is 9.11. The smallest absolute Gasteiger partial charge is 0.130 e. The van der Waals surface area contributed by atoms with Crippen molar-refractivity contribution in [2.24, 2.45) is 5.41 Å². The Bertz CT molecular complexity index is 416. The lowest BCUT2D eigenvalue weighted by molar-refractivity contribution is 0.365. The summed E-state index contributed by atoms with van der Waals surface area (Å²) >= 11 is 0. The number of benzene rings is 1. The molecule has 0 aliphatic heterocycles. The molecule has 0 saturated heterocycles. The van der Waals surface area contributed by atoms with Gasteiger partial charge in [0.2, 0.25) is 0 Å². The van der Waals surface area contributed by atoms with Gasteiger partial charge >= 0.3 is 0 Å². The summed E-state index contributed by atoms with van der Waals surface area (Å²) < 4.78 is 16.1. The van der Waals surface area contributed by atoms with E-state index in [1.165, 1.54) is 12.8 Å². The number of hydrogen-bond acceptors (Lipinski definition) is 4. The van der Waals surface area contributed by atoms with E-state index in [0.29, 0.717) is 5.41 Å². The van der Waals surface area contributed by atoms with E-state index in [9.17, 15) is 0 Å².